The Morgan fingerprint density at radius 2 is 1.95 bits per heavy atom. The molecule has 22 heavy (non-hydrogen) atoms. The van der Waals surface area contributed by atoms with Crippen molar-refractivity contribution in [1.29, 1.82) is 0 Å². The minimum absolute atomic E-state index is 0.660. The molecule has 3 aromatic rings. The Morgan fingerprint density at radius 3 is 2.64 bits per heavy atom. The molecule has 112 valence electrons. The third kappa shape index (κ3) is 2.64. The number of nitrogens with zero attached hydrogens (tertiary/aromatic N) is 2. The molecule has 1 N–H and O–H groups in total. The highest BCUT2D eigenvalue weighted by molar-refractivity contribution is 9.10. The van der Waals surface area contributed by atoms with E-state index in [1.807, 2.05) is 26.2 Å². The highest BCUT2D eigenvalue weighted by Crippen LogP contribution is 2.29. The number of benzene rings is 1. The Hall–Kier alpha value is -2.14. The Balaban J connectivity index is 2.10. The second-order valence-electron chi connectivity index (χ2n) is 5.03. The van der Waals surface area contributed by atoms with Crippen LogP contribution in [0.25, 0.3) is 22.0 Å². The zero-order chi connectivity index (χ0) is 15.7. The summed E-state index contributed by atoms with van der Waals surface area (Å²) in [5.74, 6) is 1.50. The van der Waals surface area contributed by atoms with Gasteiger partial charge >= 0.3 is 0 Å². The fourth-order valence-corrected chi connectivity index (χ4v) is 2.97. The lowest BCUT2D eigenvalue weighted by atomic mass is 10.0. The van der Waals surface area contributed by atoms with Gasteiger partial charge in [-0.2, -0.15) is 0 Å². The predicted molar refractivity (Wildman–Crippen MR) is 93.5 cm³/mol. The smallest absolute Gasteiger partial charge is 0.215 e. The normalized spacial score (nSPS) is 10.7. The lowest BCUT2D eigenvalue weighted by molar-refractivity contribution is 0.394. The third-order valence-electron chi connectivity index (χ3n) is 3.56. The van der Waals surface area contributed by atoms with Crippen molar-refractivity contribution in [3.63, 3.8) is 0 Å². The molecule has 0 amide bonds. The molecule has 0 saturated carbocycles. The molecule has 0 aliphatic heterocycles. The van der Waals surface area contributed by atoms with Crippen molar-refractivity contribution in [2.45, 2.75) is 6.92 Å². The summed E-state index contributed by atoms with van der Waals surface area (Å²) in [5.41, 5.74) is 4.14. The molecular weight excluding hydrogens is 342 g/mol. The van der Waals surface area contributed by atoms with Crippen LogP contribution < -0.4 is 10.1 Å². The molecule has 0 aliphatic rings. The van der Waals surface area contributed by atoms with E-state index < -0.39 is 0 Å². The maximum absolute atomic E-state index is 5.21. The van der Waals surface area contributed by atoms with Gasteiger partial charge in [0, 0.05) is 29.8 Å². The first kappa shape index (κ1) is 14.8. The lowest BCUT2D eigenvalue weighted by Gasteiger charge is -2.09. The van der Waals surface area contributed by atoms with Gasteiger partial charge in [-0.15, -0.1) is 0 Å². The summed E-state index contributed by atoms with van der Waals surface area (Å²) in [5, 5.41) is 4.15. The summed E-state index contributed by atoms with van der Waals surface area (Å²) >= 11 is 3.53. The molecule has 5 heteroatoms. The second-order valence-corrected chi connectivity index (χ2v) is 5.88. The van der Waals surface area contributed by atoms with Crippen LogP contribution in [-0.2, 0) is 0 Å². The van der Waals surface area contributed by atoms with Crippen molar-refractivity contribution in [1.82, 2.24) is 9.97 Å². The molecule has 0 bridgehead atoms. The number of nitrogens with one attached hydrogen (secondary N) is 1. The Labute approximate surface area is 137 Å². The monoisotopic (exact) mass is 357 g/mol. The van der Waals surface area contributed by atoms with Crippen LogP contribution in [0.3, 0.4) is 0 Å². The van der Waals surface area contributed by atoms with Gasteiger partial charge in [-0.3, -0.25) is 0 Å². The highest BCUT2D eigenvalue weighted by Gasteiger charge is 2.07. The number of anilines is 1. The van der Waals surface area contributed by atoms with E-state index in [4.69, 9.17) is 4.74 Å². The first-order valence-corrected chi connectivity index (χ1v) is 7.70. The number of fused-ring (bicyclic) bond motifs is 1. The Bertz CT molecular complexity index is 849. The molecule has 0 saturated heterocycles. The van der Waals surface area contributed by atoms with Gasteiger partial charge < -0.3 is 10.1 Å². The number of aryl methyl sites for hydroxylation is 1. The molecule has 1 aromatic carbocycles. The highest BCUT2D eigenvalue weighted by atomic mass is 79.9. The van der Waals surface area contributed by atoms with Gasteiger partial charge in [0.25, 0.3) is 0 Å². The van der Waals surface area contributed by atoms with E-state index in [9.17, 15) is 0 Å². The van der Waals surface area contributed by atoms with Crippen LogP contribution in [-0.4, -0.2) is 24.1 Å². The number of ether oxygens (including phenoxy) is 1. The van der Waals surface area contributed by atoms with Crippen LogP contribution in [0.4, 0.5) is 5.82 Å². The van der Waals surface area contributed by atoms with E-state index in [0.29, 0.717) is 5.88 Å². The number of pyridine rings is 2. The van der Waals surface area contributed by atoms with Gasteiger partial charge in [-0.05, 0) is 52.7 Å². The fourth-order valence-electron chi connectivity index (χ4n) is 2.44. The average Bonchev–Trinajstić information content (AvgIpc) is 2.53. The Morgan fingerprint density at radius 1 is 1.14 bits per heavy atom. The van der Waals surface area contributed by atoms with E-state index in [2.05, 4.69) is 55.5 Å². The number of halogens is 1. The molecule has 0 atom stereocenters. The Kier molecular flexibility index (Phi) is 3.98. The number of hydrogen-bond donors (Lipinski definition) is 1. The first-order chi connectivity index (χ1) is 10.6. The van der Waals surface area contributed by atoms with Crippen molar-refractivity contribution in [2.24, 2.45) is 0 Å². The number of hydrogen-bond acceptors (Lipinski definition) is 4. The third-order valence-corrected chi connectivity index (χ3v) is 4.17. The fraction of sp³-hybridized carbons (Fsp3) is 0.176. The van der Waals surface area contributed by atoms with E-state index in [0.717, 1.165) is 37.9 Å². The molecule has 0 spiro atoms. The minimum atomic E-state index is 0.660. The quantitative estimate of drug-likeness (QED) is 0.753. The van der Waals surface area contributed by atoms with Crippen molar-refractivity contribution in [3.8, 4) is 17.0 Å². The first-order valence-electron chi connectivity index (χ1n) is 6.91. The molecule has 0 aliphatic carbocycles. The SMILES string of the molecule is CNc1nc2ccc(-c3cnc(OC)c(C)c3)cc2cc1Br. The summed E-state index contributed by atoms with van der Waals surface area (Å²) in [6.07, 6.45) is 1.83. The summed E-state index contributed by atoms with van der Waals surface area (Å²) < 4.78 is 6.16. The molecule has 3 rings (SSSR count). The van der Waals surface area contributed by atoms with Crippen molar-refractivity contribution < 1.29 is 4.74 Å². The standard InChI is InChI=1S/C17H16BrN3O/c1-10-6-13(9-20-17(10)22-3)11-4-5-15-12(7-11)8-14(18)16(19-2)21-15/h4-9H,1-3H3,(H,19,21). The molecule has 2 heterocycles. The van der Waals surface area contributed by atoms with E-state index >= 15 is 0 Å². The molecular formula is C17H16BrN3O. The van der Waals surface area contributed by atoms with Crippen LogP contribution in [0, 0.1) is 6.92 Å². The topological polar surface area (TPSA) is 47.0 Å². The summed E-state index contributed by atoms with van der Waals surface area (Å²) in [4.78, 5) is 8.92. The number of methoxy groups -OCH3 is 1. The summed E-state index contributed by atoms with van der Waals surface area (Å²) in [6, 6.07) is 10.4. The summed E-state index contributed by atoms with van der Waals surface area (Å²) in [6.45, 7) is 1.99. The zero-order valence-electron chi connectivity index (χ0n) is 12.6. The molecule has 0 unspecified atom stereocenters. The van der Waals surface area contributed by atoms with Crippen molar-refractivity contribution in [3.05, 3.63) is 46.6 Å². The van der Waals surface area contributed by atoms with Gasteiger partial charge in [-0.1, -0.05) is 6.07 Å². The molecule has 4 nitrogen and oxygen atoms in total. The average molecular weight is 358 g/mol. The largest absolute Gasteiger partial charge is 0.481 e. The van der Waals surface area contributed by atoms with E-state index in [-0.39, 0.29) is 0 Å². The lowest BCUT2D eigenvalue weighted by Crippen LogP contribution is -1.94. The molecule has 2 aromatic heterocycles. The van der Waals surface area contributed by atoms with Gasteiger partial charge in [-0.25, -0.2) is 9.97 Å². The molecule has 0 fully saturated rings. The van der Waals surface area contributed by atoms with Crippen LogP contribution in [0.5, 0.6) is 5.88 Å². The number of aromatic nitrogens is 2. The predicted octanol–water partition coefficient (Wildman–Crippen LogP) is 4.42. The minimum Gasteiger partial charge on any atom is -0.481 e. The van der Waals surface area contributed by atoms with Crippen molar-refractivity contribution >= 4 is 32.7 Å². The summed E-state index contributed by atoms with van der Waals surface area (Å²) in [7, 11) is 3.49. The van der Waals surface area contributed by atoms with Gasteiger partial charge in [0.05, 0.1) is 17.1 Å². The van der Waals surface area contributed by atoms with Crippen LogP contribution in [0.2, 0.25) is 0 Å². The van der Waals surface area contributed by atoms with Crippen molar-refractivity contribution in [2.75, 3.05) is 19.5 Å². The second kappa shape index (κ2) is 5.93. The maximum atomic E-state index is 5.21. The maximum Gasteiger partial charge on any atom is 0.215 e. The van der Waals surface area contributed by atoms with Crippen LogP contribution in [0.1, 0.15) is 5.56 Å². The van der Waals surface area contributed by atoms with E-state index in [1.54, 1.807) is 7.11 Å². The van der Waals surface area contributed by atoms with Gasteiger partial charge in [0.1, 0.15) is 5.82 Å². The molecule has 0 radical (unpaired) electrons. The van der Waals surface area contributed by atoms with Gasteiger partial charge in [0.2, 0.25) is 5.88 Å². The van der Waals surface area contributed by atoms with Crippen LogP contribution in [0.15, 0.2) is 41.0 Å². The zero-order valence-corrected chi connectivity index (χ0v) is 14.2. The van der Waals surface area contributed by atoms with Crippen LogP contribution >= 0.6 is 15.9 Å². The van der Waals surface area contributed by atoms with E-state index in [1.165, 1.54) is 0 Å². The van der Waals surface area contributed by atoms with Gasteiger partial charge in [0.15, 0.2) is 0 Å². The number of rotatable bonds is 3.